The SMILES string of the molecule is COc1cc(C(=O)N2CCN(C(C#N)c3ccccn3)CC2)cc(OC)c1OC. The van der Waals surface area contributed by atoms with Crippen LogP contribution in [0.25, 0.3) is 0 Å². The number of piperazine rings is 1. The topological polar surface area (TPSA) is 87.9 Å². The molecule has 1 aromatic heterocycles. The minimum absolute atomic E-state index is 0.116. The Bertz CT molecular complexity index is 864. The monoisotopic (exact) mass is 396 g/mol. The van der Waals surface area contributed by atoms with E-state index >= 15 is 0 Å². The molecule has 0 N–H and O–H groups in total. The third kappa shape index (κ3) is 4.25. The van der Waals surface area contributed by atoms with E-state index in [0.29, 0.717) is 49.0 Å². The lowest BCUT2D eigenvalue weighted by Crippen LogP contribution is -2.49. The first-order valence-electron chi connectivity index (χ1n) is 9.26. The number of carbonyl (C=O) groups excluding carboxylic acids is 1. The van der Waals surface area contributed by atoms with Gasteiger partial charge >= 0.3 is 0 Å². The van der Waals surface area contributed by atoms with E-state index in [0.717, 1.165) is 5.69 Å². The number of carbonyl (C=O) groups is 1. The fraction of sp³-hybridized carbons (Fsp3) is 0.381. The van der Waals surface area contributed by atoms with Gasteiger partial charge in [0.05, 0.1) is 33.1 Å². The molecular weight excluding hydrogens is 372 g/mol. The Hall–Kier alpha value is -3.31. The van der Waals surface area contributed by atoms with Crippen LogP contribution in [0.5, 0.6) is 17.2 Å². The van der Waals surface area contributed by atoms with Crippen LogP contribution < -0.4 is 14.2 Å². The first kappa shape index (κ1) is 20.4. The standard InChI is InChI=1S/C21H24N4O4/c1-27-18-12-15(13-19(28-2)20(18)29-3)21(26)25-10-8-24(9-11-25)17(14-22)16-6-4-5-7-23-16/h4-7,12-13,17H,8-11H2,1-3H3. The number of benzene rings is 1. The van der Waals surface area contributed by atoms with Gasteiger partial charge in [-0.25, -0.2) is 0 Å². The number of aromatic nitrogens is 1. The van der Waals surface area contributed by atoms with Gasteiger partial charge in [-0.1, -0.05) is 6.07 Å². The molecule has 0 spiro atoms. The molecule has 8 heteroatoms. The Balaban J connectivity index is 1.73. The summed E-state index contributed by atoms with van der Waals surface area (Å²) in [7, 11) is 4.56. The molecule has 1 aliphatic rings. The van der Waals surface area contributed by atoms with E-state index in [1.165, 1.54) is 21.3 Å². The lowest BCUT2D eigenvalue weighted by atomic mass is 10.1. The smallest absolute Gasteiger partial charge is 0.254 e. The predicted molar refractivity (Wildman–Crippen MR) is 106 cm³/mol. The number of methoxy groups -OCH3 is 3. The van der Waals surface area contributed by atoms with Crippen LogP contribution in [0.1, 0.15) is 22.1 Å². The number of rotatable bonds is 6. The van der Waals surface area contributed by atoms with Crippen LogP contribution in [0.2, 0.25) is 0 Å². The molecule has 1 unspecified atom stereocenters. The van der Waals surface area contributed by atoms with Gasteiger partial charge in [-0.3, -0.25) is 14.7 Å². The molecule has 1 aliphatic heterocycles. The zero-order chi connectivity index (χ0) is 20.8. The zero-order valence-corrected chi connectivity index (χ0v) is 16.8. The molecule has 0 bridgehead atoms. The third-order valence-corrected chi connectivity index (χ3v) is 4.97. The molecule has 1 aromatic carbocycles. The summed E-state index contributed by atoms with van der Waals surface area (Å²) in [4.78, 5) is 21.1. The van der Waals surface area contributed by atoms with E-state index < -0.39 is 6.04 Å². The van der Waals surface area contributed by atoms with Crippen molar-refractivity contribution in [3.8, 4) is 23.3 Å². The van der Waals surface area contributed by atoms with Crippen molar-refractivity contribution in [1.29, 1.82) is 5.26 Å². The van der Waals surface area contributed by atoms with Crippen LogP contribution in [-0.4, -0.2) is 68.2 Å². The van der Waals surface area contributed by atoms with Gasteiger partial charge in [0.1, 0.15) is 6.04 Å². The fourth-order valence-corrected chi connectivity index (χ4v) is 3.44. The summed E-state index contributed by atoms with van der Waals surface area (Å²) < 4.78 is 16.0. The van der Waals surface area contributed by atoms with Gasteiger partial charge in [0, 0.05) is 37.9 Å². The largest absolute Gasteiger partial charge is 0.493 e. The van der Waals surface area contributed by atoms with Gasteiger partial charge in [-0.15, -0.1) is 0 Å². The molecule has 1 amide bonds. The average molecular weight is 396 g/mol. The quantitative estimate of drug-likeness (QED) is 0.739. The number of nitriles is 1. The third-order valence-electron chi connectivity index (χ3n) is 4.97. The molecule has 29 heavy (non-hydrogen) atoms. The number of hydrogen-bond acceptors (Lipinski definition) is 7. The lowest BCUT2D eigenvalue weighted by Gasteiger charge is -2.36. The minimum atomic E-state index is -0.422. The molecule has 0 radical (unpaired) electrons. The van der Waals surface area contributed by atoms with Gasteiger partial charge in [0.25, 0.3) is 5.91 Å². The number of ether oxygens (including phenoxy) is 3. The molecule has 2 aromatic rings. The fourth-order valence-electron chi connectivity index (χ4n) is 3.44. The van der Waals surface area contributed by atoms with Crippen molar-refractivity contribution >= 4 is 5.91 Å². The molecule has 3 rings (SSSR count). The van der Waals surface area contributed by atoms with Gasteiger partial charge in [0.15, 0.2) is 11.5 Å². The van der Waals surface area contributed by atoms with Crippen LogP contribution in [-0.2, 0) is 0 Å². The normalized spacial score (nSPS) is 15.3. The van der Waals surface area contributed by atoms with Gasteiger partial charge in [-0.2, -0.15) is 5.26 Å². The van der Waals surface area contributed by atoms with E-state index in [-0.39, 0.29) is 5.91 Å². The number of nitrogens with zero attached hydrogens (tertiary/aromatic N) is 4. The minimum Gasteiger partial charge on any atom is -0.493 e. The zero-order valence-electron chi connectivity index (χ0n) is 16.8. The molecule has 1 atom stereocenters. The summed E-state index contributed by atoms with van der Waals surface area (Å²) in [5, 5.41) is 9.60. The van der Waals surface area contributed by atoms with Gasteiger partial charge in [0.2, 0.25) is 5.75 Å². The molecule has 0 aliphatic carbocycles. The second kappa shape index (κ2) is 9.26. The van der Waals surface area contributed by atoms with E-state index in [1.54, 1.807) is 23.2 Å². The van der Waals surface area contributed by atoms with Crippen LogP contribution in [0.3, 0.4) is 0 Å². The molecule has 1 saturated heterocycles. The first-order valence-corrected chi connectivity index (χ1v) is 9.26. The highest BCUT2D eigenvalue weighted by Crippen LogP contribution is 2.38. The van der Waals surface area contributed by atoms with Crippen molar-refractivity contribution < 1.29 is 19.0 Å². The van der Waals surface area contributed by atoms with E-state index in [2.05, 4.69) is 11.1 Å². The average Bonchev–Trinajstić information content (AvgIpc) is 2.79. The Morgan fingerprint density at radius 1 is 1.07 bits per heavy atom. The Labute approximate surface area is 170 Å². The van der Waals surface area contributed by atoms with Crippen molar-refractivity contribution in [2.24, 2.45) is 0 Å². The molecular formula is C21H24N4O4. The highest BCUT2D eigenvalue weighted by Gasteiger charge is 2.29. The van der Waals surface area contributed by atoms with Crippen LogP contribution >= 0.6 is 0 Å². The first-order chi connectivity index (χ1) is 14.1. The maximum Gasteiger partial charge on any atom is 0.254 e. The van der Waals surface area contributed by atoms with Crippen molar-refractivity contribution in [1.82, 2.24) is 14.8 Å². The van der Waals surface area contributed by atoms with Crippen LogP contribution in [0.15, 0.2) is 36.5 Å². The summed E-state index contributed by atoms with van der Waals surface area (Å²) in [6, 6.07) is 10.8. The highest BCUT2D eigenvalue weighted by molar-refractivity contribution is 5.95. The summed E-state index contributed by atoms with van der Waals surface area (Å²) in [5.41, 5.74) is 1.19. The van der Waals surface area contributed by atoms with Crippen molar-refractivity contribution in [3.63, 3.8) is 0 Å². The Morgan fingerprint density at radius 3 is 2.21 bits per heavy atom. The van der Waals surface area contributed by atoms with Crippen molar-refractivity contribution in [2.45, 2.75) is 6.04 Å². The second-order valence-electron chi connectivity index (χ2n) is 6.53. The Kier molecular flexibility index (Phi) is 6.52. The van der Waals surface area contributed by atoms with Crippen LogP contribution in [0.4, 0.5) is 0 Å². The summed E-state index contributed by atoms with van der Waals surface area (Å²) in [6.07, 6.45) is 1.68. The number of hydrogen-bond donors (Lipinski definition) is 0. The molecule has 1 fully saturated rings. The summed E-state index contributed by atoms with van der Waals surface area (Å²) in [6.45, 7) is 2.21. The maximum absolute atomic E-state index is 13.0. The molecule has 0 saturated carbocycles. The molecule has 152 valence electrons. The molecule has 8 nitrogen and oxygen atoms in total. The van der Waals surface area contributed by atoms with E-state index in [9.17, 15) is 10.1 Å². The van der Waals surface area contributed by atoms with Crippen molar-refractivity contribution in [3.05, 3.63) is 47.8 Å². The summed E-state index contributed by atoms with van der Waals surface area (Å²) >= 11 is 0. The van der Waals surface area contributed by atoms with E-state index in [1.807, 2.05) is 23.1 Å². The Morgan fingerprint density at radius 2 is 1.72 bits per heavy atom. The highest BCUT2D eigenvalue weighted by atomic mass is 16.5. The van der Waals surface area contributed by atoms with Crippen LogP contribution in [0, 0.1) is 11.3 Å². The van der Waals surface area contributed by atoms with Gasteiger partial charge in [-0.05, 0) is 24.3 Å². The van der Waals surface area contributed by atoms with E-state index in [4.69, 9.17) is 14.2 Å². The molecule has 2 heterocycles. The maximum atomic E-state index is 13.0. The van der Waals surface area contributed by atoms with Gasteiger partial charge < -0.3 is 19.1 Å². The van der Waals surface area contributed by atoms with Crippen molar-refractivity contribution in [2.75, 3.05) is 47.5 Å². The predicted octanol–water partition coefficient (Wildman–Crippen LogP) is 2.13. The second-order valence-corrected chi connectivity index (χ2v) is 6.53. The summed E-state index contributed by atoms with van der Waals surface area (Å²) in [5.74, 6) is 1.21. The number of amides is 1. The lowest BCUT2D eigenvalue weighted by molar-refractivity contribution is 0.0603. The number of pyridine rings is 1.